The summed E-state index contributed by atoms with van der Waals surface area (Å²) in [5, 5.41) is 9.00. The Labute approximate surface area is 83.5 Å². The van der Waals surface area contributed by atoms with E-state index in [1.54, 1.807) is 11.8 Å². The van der Waals surface area contributed by atoms with Crippen LogP contribution < -0.4 is 0 Å². The Morgan fingerprint density at radius 2 is 2.31 bits per heavy atom. The number of thioether (sulfide) groups is 1. The molecule has 1 atom stereocenters. The number of likely N-dealkylation sites (N-methyl/N-ethyl adjacent to an activating group) is 1. The molecule has 0 radical (unpaired) electrons. The summed E-state index contributed by atoms with van der Waals surface area (Å²) in [7, 11) is 1.91. The molecule has 1 fully saturated rings. The van der Waals surface area contributed by atoms with Crippen molar-refractivity contribution >= 4 is 17.7 Å². The van der Waals surface area contributed by atoms with Crippen LogP contribution in [-0.2, 0) is 4.79 Å². The van der Waals surface area contributed by atoms with E-state index >= 15 is 0 Å². The third-order valence-corrected chi connectivity index (χ3v) is 3.04. The summed E-state index contributed by atoms with van der Waals surface area (Å²) in [6.45, 7) is 0.870. The zero-order valence-corrected chi connectivity index (χ0v) is 9.01. The fraction of sp³-hybridized carbons (Fsp3) is 0.889. The maximum absolute atomic E-state index is 10.9. The third kappa shape index (κ3) is 3.19. The molecule has 1 rings (SSSR count). The molecule has 0 aliphatic heterocycles. The molecule has 0 saturated heterocycles. The van der Waals surface area contributed by atoms with E-state index in [4.69, 9.17) is 5.11 Å². The molecule has 0 amide bonds. The lowest BCUT2D eigenvalue weighted by molar-refractivity contribution is -0.143. The number of carboxylic acids is 1. The molecule has 0 aromatic rings. The van der Waals surface area contributed by atoms with Gasteiger partial charge in [0.05, 0.1) is 0 Å². The minimum atomic E-state index is -0.661. The van der Waals surface area contributed by atoms with E-state index in [9.17, 15) is 4.79 Å². The Morgan fingerprint density at radius 3 is 2.69 bits per heavy atom. The van der Waals surface area contributed by atoms with Gasteiger partial charge in [0.1, 0.15) is 6.04 Å². The van der Waals surface area contributed by atoms with Gasteiger partial charge < -0.3 is 5.11 Å². The lowest BCUT2D eigenvalue weighted by atomic mass is 10.1. The van der Waals surface area contributed by atoms with Crippen molar-refractivity contribution in [3.8, 4) is 0 Å². The van der Waals surface area contributed by atoms with Crippen LogP contribution in [0.1, 0.15) is 12.8 Å². The number of aliphatic carboxylic acids is 1. The average molecular weight is 203 g/mol. The molecular formula is C9H17NO2S. The maximum atomic E-state index is 10.9. The number of carboxylic acid groups (broad SMARTS) is 1. The van der Waals surface area contributed by atoms with Crippen molar-refractivity contribution in [1.29, 1.82) is 0 Å². The molecule has 1 saturated carbocycles. The van der Waals surface area contributed by atoms with Crippen molar-refractivity contribution in [3.63, 3.8) is 0 Å². The predicted octanol–water partition coefficient (Wildman–Crippen LogP) is 1.14. The molecule has 1 unspecified atom stereocenters. The van der Waals surface area contributed by atoms with Gasteiger partial charge in [0.2, 0.25) is 0 Å². The van der Waals surface area contributed by atoms with Crippen molar-refractivity contribution in [2.24, 2.45) is 5.92 Å². The van der Waals surface area contributed by atoms with Gasteiger partial charge in [0.15, 0.2) is 0 Å². The predicted molar refractivity (Wildman–Crippen MR) is 55.2 cm³/mol. The molecule has 3 nitrogen and oxygen atoms in total. The van der Waals surface area contributed by atoms with Gasteiger partial charge in [-0.3, -0.25) is 9.69 Å². The van der Waals surface area contributed by atoms with E-state index in [-0.39, 0.29) is 6.04 Å². The molecule has 0 bridgehead atoms. The first-order chi connectivity index (χ1) is 6.16. The Bertz CT molecular complexity index is 182. The van der Waals surface area contributed by atoms with Crippen LogP contribution in [0.2, 0.25) is 0 Å². The fourth-order valence-corrected chi connectivity index (χ4v) is 2.01. The zero-order chi connectivity index (χ0) is 9.84. The second-order valence-corrected chi connectivity index (χ2v) is 4.58. The van der Waals surface area contributed by atoms with Crippen LogP contribution in [0.25, 0.3) is 0 Å². The van der Waals surface area contributed by atoms with Crippen molar-refractivity contribution in [2.45, 2.75) is 18.9 Å². The summed E-state index contributed by atoms with van der Waals surface area (Å²) in [5.74, 6) is 0.753. The van der Waals surface area contributed by atoms with Crippen LogP contribution in [0.3, 0.4) is 0 Å². The summed E-state index contributed by atoms with van der Waals surface area (Å²) in [4.78, 5) is 12.9. The smallest absolute Gasteiger partial charge is 0.321 e. The molecule has 76 valence electrons. The Kier molecular flexibility index (Phi) is 4.06. The largest absolute Gasteiger partial charge is 0.480 e. The highest BCUT2D eigenvalue weighted by molar-refractivity contribution is 7.98. The lowest BCUT2D eigenvalue weighted by Gasteiger charge is -2.23. The molecular weight excluding hydrogens is 186 g/mol. The summed E-state index contributed by atoms with van der Waals surface area (Å²) in [6, 6.07) is -0.243. The van der Waals surface area contributed by atoms with Crippen LogP contribution in [0, 0.1) is 5.92 Å². The number of nitrogens with zero attached hydrogens (tertiary/aromatic N) is 1. The van der Waals surface area contributed by atoms with Crippen LogP contribution in [0.5, 0.6) is 0 Å². The molecule has 0 spiro atoms. The maximum Gasteiger partial charge on any atom is 0.321 e. The zero-order valence-electron chi connectivity index (χ0n) is 8.19. The molecule has 1 aliphatic carbocycles. The summed E-state index contributed by atoms with van der Waals surface area (Å²) in [6.07, 6.45) is 4.21. The van der Waals surface area contributed by atoms with E-state index in [1.807, 2.05) is 18.2 Å². The van der Waals surface area contributed by atoms with Gasteiger partial charge in [-0.25, -0.2) is 0 Å². The van der Waals surface area contributed by atoms with E-state index < -0.39 is 5.97 Å². The first-order valence-corrected chi connectivity index (χ1v) is 5.98. The van der Waals surface area contributed by atoms with Gasteiger partial charge in [0.25, 0.3) is 0 Å². The van der Waals surface area contributed by atoms with Crippen molar-refractivity contribution in [2.75, 3.05) is 25.6 Å². The van der Waals surface area contributed by atoms with Crippen molar-refractivity contribution in [3.05, 3.63) is 0 Å². The van der Waals surface area contributed by atoms with Crippen molar-refractivity contribution < 1.29 is 9.90 Å². The first-order valence-electron chi connectivity index (χ1n) is 4.58. The van der Waals surface area contributed by atoms with Crippen molar-refractivity contribution in [1.82, 2.24) is 4.90 Å². The Balaban J connectivity index is 2.38. The summed E-state index contributed by atoms with van der Waals surface area (Å²) in [5.41, 5.74) is 0. The summed E-state index contributed by atoms with van der Waals surface area (Å²) < 4.78 is 0. The Hall–Kier alpha value is -0.220. The van der Waals surface area contributed by atoms with Gasteiger partial charge in [-0.05, 0) is 32.1 Å². The van der Waals surface area contributed by atoms with Crippen LogP contribution >= 0.6 is 11.8 Å². The molecule has 1 aliphatic rings. The highest BCUT2D eigenvalue weighted by Crippen LogP contribution is 2.35. The third-order valence-electron chi connectivity index (χ3n) is 2.44. The van der Waals surface area contributed by atoms with E-state index in [1.165, 1.54) is 0 Å². The molecule has 0 heterocycles. The van der Waals surface area contributed by atoms with Gasteiger partial charge in [0, 0.05) is 12.3 Å². The average Bonchev–Trinajstić information content (AvgIpc) is 2.84. The highest BCUT2D eigenvalue weighted by atomic mass is 32.2. The molecule has 1 N–H and O–H groups in total. The normalized spacial score (nSPS) is 19.0. The first kappa shape index (κ1) is 10.9. The number of carbonyl (C=O) groups is 1. The van der Waals surface area contributed by atoms with Gasteiger partial charge >= 0.3 is 5.97 Å². The van der Waals surface area contributed by atoms with E-state index in [2.05, 4.69) is 0 Å². The SMILES string of the molecule is CSCCN(C)C(C(=O)O)C1CC1. The standard InChI is InChI=1S/C9H17NO2S/c1-10(5-6-13-2)8(9(11)12)7-3-4-7/h7-8H,3-6H2,1-2H3,(H,11,12). The second-order valence-electron chi connectivity index (χ2n) is 3.59. The molecule has 13 heavy (non-hydrogen) atoms. The number of hydrogen-bond donors (Lipinski definition) is 1. The van der Waals surface area contributed by atoms with Crippen LogP contribution in [-0.4, -0.2) is 47.6 Å². The van der Waals surface area contributed by atoms with Crippen LogP contribution in [0.15, 0.2) is 0 Å². The quantitative estimate of drug-likeness (QED) is 0.703. The highest BCUT2D eigenvalue weighted by Gasteiger charge is 2.38. The van der Waals surface area contributed by atoms with E-state index in [0.717, 1.165) is 25.1 Å². The molecule has 4 heteroatoms. The second kappa shape index (κ2) is 4.86. The topological polar surface area (TPSA) is 40.5 Å². The monoisotopic (exact) mass is 203 g/mol. The lowest BCUT2D eigenvalue weighted by Crippen LogP contribution is -2.41. The molecule has 0 aromatic carbocycles. The summed E-state index contributed by atoms with van der Waals surface area (Å²) >= 11 is 1.76. The van der Waals surface area contributed by atoms with E-state index in [0.29, 0.717) is 5.92 Å². The minimum absolute atomic E-state index is 0.243. The van der Waals surface area contributed by atoms with Gasteiger partial charge in [-0.1, -0.05) is 0 Å². The number of rotatable bonds is 6. The fourth-order valence-electron chi connectivity index (χ4n) is 1.54. The van der Waals surface area contributed by atoms with Gasteiger partial charge in [-0.15, -0.1) is 0 Å². The van der Waals surface area contributed by atoms with Crippen LogP contribution in [0.4, 0.5) is 0 Å². The Morgan fingerprint density at radius 1 is 1.69 bits per heavy atom. The van der Waals surface area contributed by atoms with Gasteiger partial charge in [-0.2, -0.15) is 11.8 Å². The molecule has 0 aromatic heterocycles. The minimum Gasteiger partial charge on any atom is -0.480 e. The number of hydrogen-bond acceptors (Lipinski definition) is 3.